The predicted molar refractivity (Wildman–Crippen MR) is 128 cm³/mol. The summed E-state index contributed by atoms with van der Waals surface area (Å²) in [6, 6.07) is 8.75. The van der Waals surface area contributed by atoms with Crippen LogP contribution >= 0.6 is 0 Å². The highest BCUT2D eigenvalue weighted by atomic mass is 32.2. The van der Waals surface area contributed by atoms with E-state index >= 15 is 0 Å². The fraction of sp³-hybridized carbons (Fsp3) is 0.458. The molecule has 0 saturated heterocycles. The summed E-state index contributed by atoms with van der Waals surface area (Å²) in [6.07, 6.45) is -6.59. The number of hydroxylamine groups is 1. The van der Waals surface area contributed by atoms with Gasteiger partial charge in [0.05, 0.1) is 23.6 Å². The molecule has 0 aromatic heterocycles. The Kier molecular flexibility index (Phi) is 9.33. The van der Waals surface area contributed by atoms with Crippen LogP contribution in [0.5, 0.6) is 17.2 Å². The van der Waals surface area contributed by atoms with Gasteiger partial charge in [-0.15, -0.1) is 0 Å². The van der Waals surface area contributed by atoms with Crippen LogP contribution in [0.25, 0.3) is 0 Å². The van der Waals surface area contributed by atoms with Gasteiger partial charge in [-0.3, -0.25) is 0 Å². The minimum absolute atomic E-state index is 0.00471. The van der Waals surface area contributed by atoms with Crippen molar-refractivity contribution in [3.8, 4) is 17.2 Å². The van der Waals surface area contributed by atoms with E-state index in [1.165, 1.54) is 49.4 Å². The number of aliphatic hydroxyl groups excluding tert-OH is 1. The lowest BCUT2D eigenvalue weighted by molar-refractivity contribution is -0.153. The highest BCUT2D eigenvalue weighted by molar-refractivity contribution is 7.89. The van der Waals surface area contributed by atoms with Gasteiger partial charge in [-0.05, 0) is 53.6 Å². The van der Waals surface area contributed by atoms with E-state index in [-0.39, 0.29) is 42.1 Å². The summed E-state index contributed by atoms with van der Waals surface area (Å²) in [7, 11) is -4.29. The molecule has 0 spiro atoms. The second kappa shape index (κ2) is 12.1. The van der Waals surface area contributed by atoms with Crippen LogP contribution in [0.15, 0.2) is 47.4 Å². The van der Waals surface area contributed by atoms with Gasteiger partial charge in [0.2, 0.25) is 6.79 Å². The van der Waals surface area contributed by atoms with E-state index in [0.717, 1.165) is 0 Å². The number of rotatable bonds is 11. The maximum atomic E-state index is 13.3. The van der Waals surface area contributed by atoms with E-state index in [1.54, 1.807) is 13.8 Å². The molecule has 3 rings (SSSR count). The van der Waals surface area contributed by atoms with Gasteiger partial charge in [-0.25, -0.2) is 13.2 Å². The fourth-order valence-electron chi connectivity index (χ4n) is 3.39. The summed E-state index contributed by atoms with van der Waals surface area (Å²) in [6.45, 7) is 3.27. The standard InChI is InChI=1S/C24H29F3N2O8S/c1-15(2)12-29(38(32,33)19-8-9-21-22(11-19)36-14-35-21)37-23(31)28-20(16(3)30)10-17-4-6-18(7-5-17)34-13-24(25,26)27/h4-9,11,15-16,20,30H,10,12-14H2,1-3H3,(H,28,31). The Morgan fingerprint density at radius 1 is 1.11 bits per heavy atom. The highest BCUT2D eigenvalue weighted by Crippen LogP contribution is 2.34. The van der Waals surface area contributed by atoms with Crippen LogP contribution in [0.1, 0.15) is 26.3 Å². The Balaban J connectivity index is 1.68. The molecule has 0 aliphatic carbocycles. The van der Waals surface area contributed by atoms with Gasteiger partial charge in [0.25, 0.3) is 10.0 Å². The lowest BCUT2D eigenvalue weighted by Crippen LogP contribution is -2.47. The number of hydrogen-bond donors (Lipinski definition) is 2. The predicted octanol–water partition coefficient (Wildman–Crippen LogP) is 3.64. The van der Waals surface area contributed by atoms with E-state index in [1.807, 2.05) is 0 Å². The number of halogens is 3. The lowest BCUT2D eigenvalue weighted by Gasteiger charge is -2.25. The van der Waals surface area contributed by atoms with Crippen molar-refractivity contribution in [3.05, 3.63) is 48.0 Å². The zero-order chi connectivity index (χ0) is 28.1. The van der Waals surface area contributed by atoms with E-state index < -0.39 is 41.0 Å². The molecule has 2 aromatic carbocycles. The van der Waals surface area contributed by atoms with Gasteiger partial charge >= 0.3 is 12.3 Å². The monoisotopic (exact) mass is 562 g/mol. The molecule has 2 atom stereocenters. The van der Waals surface area contributed by atoms with Gasteiger partial charge in [-0.2, -0.15) is 13.2 Å². The molecule has 0 bridgehead atoms. The minimum atomic E-state index is -4.47. The lowest BCUT2D eigenvalue weighted by atomic mass is 10.0. The largest absolute Gasteiger partial charge is 0.484 e. The number of hydrogen-bond acceptors (Lipinski definition) is 8. The van der Waals surface area contributed by atoms with Crippen LogP contribution in [-0.2, 0) is 21.3 Å². The average molecular weight is 563 g/mol. The fourth-order valence-corrected chi connectivity index (χ4v) is 4.78. The molecule has 1 heterocycles. The quantitative estimate of drug-likeness (QED) is 0.398. The first-order valence-electron chi connectivity index (χ1n) is 11.6. The first-order valence-corrected chi connectivity index (χ1v) is 13.1. The summed E-state index contributed by atoms with van der Waals surface area (Å²) < 4.78 is 79.2. The minimum Gasteiger partial charge on any atom is -0.484 e. The van der Waals surface area contributed by atoms with Gasteiger partial charge in [0, 0.05) is 6.07 Å². The molecule has 14 heteroatoms. The second-order valence-electron chi connectivity index (χ2n) is 9.02. The number of carbonyl (C=O) groups excluding carboxylic acids is 1. The molecule has 38 heavy (non-hydrogen) atoms. The van der Waals surface area contributed by atoms with Gasteiger partial charge in [0.15, 0.2) is 18.1 Å². The van der Waals surface area contributed by atoms with Crippen molar-refractivity contribution in [2.75, 3.05) is 19.9 Å². The van der Waals surface area contributed by atoms with E-state index in [0.29, 0.717) is 15.8 Å². The topological polar surface area (TPSA) is 124 Å². The normalized spacial score (nSPS) is 14.9. The summed E-state index contributed by atoms with van der Waals surface area (Å²) in [5.41, 5.74) is 0.572. The number of benzene rings is 2. The first-order chi connectivity index (χ1) is 17.7. The molecule has 1 aliphatic rings. The molecule has 2 aromatic rings. The maximum absolute atomic E-state index is 13.3. The number of nitrogens with one attached hydrogen (secondary N) is 1. The van der Waals surface area contributed by atoms with Crippen molar-refractivity contribution in [2.45, 2.75) is 50.4 Å². The highest BCUT2D eigenvalue weighted by Gasteiger charge is 2.32. The van der Waals surface area contributed by atoms with Crippen LogP contribution in [0.3, 0.4) is 0 Å². The first kappa shape index (κ1) is 29.3. The van der Waals surface area contributed by atoms with Crippen LogP contribution < -0.4 is 19.5 Å². The average Bonchev–Trinajstić information content (AvgIpc) is 3.30. The number of nitrogens with zero attached hydrogens (tertiary/aromatic N) is 1. The third kappa shape index (κ3) is 8.13. The molecule has 2 N–H and O–H groups in total. The Bertz CT molecular complexity index is 1200. The second-order valence-corrected chi connectivity index (χ2v) is 10.9. The van der Waals surface area contributed by atoms with Crippen LogP contribution in [-0.4, -0.2) is 62.4 Å². The van der Waals surface area contributed by atoms with Crippen molar-refractivity contribution >= 4 is 16.1 Å². The Morgan fingerprint density at radius 2 is 1.76 bits per heavy atom. The molecule has 1 amide bonds. The van der Waals surface area contributed by atoms with Gasteiger partial charge < -0.3 is 29.5 Å². The molecule has 210 valence electrons. The zero-order valence-corrected chi connectivity index (χ0v) is 21.7. The zero-order valence-electron chi connectivity index (χ0n) is 20.9. The van der Waals surface area contributed by atoms with Crippen molar-refractivity contribution < 1.29 is 50.5 Å². The summed E-state index contributed by atoms with van der Waals surface area (Å²) in [5.74, 6) is 0.420. The number of alkyl halides is 3. The van der Waals surface area contributed by atoms with Crippen LogP contribution in [0.4, 0.5) is 18.0 Å². The van der Waals surface area contributed by atoms with E-state index in [2.05, 4.69) is 10.1 Å². The van der Waals surface area contributed by atoms with Crippen molar-refractivity contribution in [1.29, 1.82) is 0 Å². The number of sulfonamides is 1. The van der Waals surface area contributed by atoms with Crippen LogP contribution in [0, 0.1) is 5.92 Å². The Morgan fingerprint density at radius 3 is 2.37 bits per heavy atom. The smallest absolute Gasteiger partial charge is 0.427 e. The molecule has 1 aliphatic heterocycles. The molecular formula is C24H29F3N2O8S. The van der Waals surface area contributed by atoms with Crippen molar-refractivity contribution in [1.82, 2.24) is 9.79 Å². The van der Waals surface area contributed by atoms with Gasteiger partial charge in [-0.1, -0.05) is 26.0 Å². The van der Waals surface area contributed by atoms with Crippen LogP contribution in [0.2, 0.25) is 0 Å². The third-order valence-corrected chi connectivity index (χ3v) is 6.89. The number of carbonyl (C=O) groups is 1. The number of fused-ring (bicyclic) bond motifs is 1. The van der Waals surface area contributed by atoms with Gasteiger partial charge in [0.1, 0.15) is 5.75 Å². The molecule has 0 saturated carbocycles. The summed E-state index contributed by atoms with van der Waals surface area (Å²) in [4.78, 5) is 17.7. The molecule has 0 radical (unpaired) electrons. The number of amides is 1. The van der Waals surface area contributed by atoms with Crippen molar-refractivity contribution in [3.63, 3.8) is 0 Å². The molecule has 2 unspecified atom stereocenters. The molecule has 10 nitrogen and oxygen atoms in total. The number of aliphatic hydroxyl groups is 1. The maximum Gasteiger partial charge on any atom is 0.427 e. The number of ether oxygens (including phenoxy) is 3. The SMILES string of the molecule is CC(C)CN(OC(=O)NC(Cc1ccc(OCC(F)(F)F)cc1)C(C)O)S(=O)(=O)c1ccc2c(c1)OCO2. The molecule has 0 fully saturated rings. The van der Waals surface area contributed by atoms with E-state index in [9.17, 15) is 31.5 Å². The Hall–Kier alpha value is -3.23. The third-order valence-electron chi connectivity index (χ3n) is 5.28. The Labute approximate surface area is 218 Å². The summed E-state index contributed by atoms with van der Waals surface area (Å²) in [5, 5.41) is 12.6. The summed E-state index contributed by atoms with van der Waals surface area (Å²) >= 11 is 0. The van der Waals surface area contributed by atoms with E-state index in [4.69, 9.17) is 14.3 Å². The molecular weight excluding hydrogens is 533 g/mol. The van der Waals surface area contributed by atoms with Crippen molar-refractivity contribution in [2.24, 2.45) is 5.92 Å².